The van der Waals surface area contributed by atoms with Crippen molar-refractivity contribution >= 4 is 28.3 Å². The maximum atomic E-state index is 12.4. The molecule has 1 aromatic carbocycles. The summed E-state index contributed by atoms with van der Waals surface area (Å²) in [5.41, 5.74) is 2.90. The number of aromatic amines is 2. The molecule has 0 aliphatic carbocycles. The number of hydrogen-bond acceptors (Lipinski definition) is 4. The lowest BCUT2D eigenvalue weighted by Crippen LogP contribution is -2.28. The Morgan fingerprint density at radius 3 is 2.61 bits per heavy atom. The van der Waals surface area contributed by atoms with Gasteiger partial charge in [0, 0.05) is 19.7 Å². The van der Waals surface area contributed by atoms with Crippen LogP contribution in [0.15, 0.2) is 16.9 Å². The Morgan fingerprint density at radius 1 is 1.17 bits per heavy atom. The number of H-pyrrole nitrogens is 2. The number of aromatic nitrogens is 2. The van der Waals surface area contributed by atoms with Gasteiger partial charge >= 0.3 is 5.69 Å². The van der Waals surface area contributed by atoms with Gasteiger partial charge in [-0.15, -0.1) is 0 Å². The molecule has 4 rings (SSSR count). The van der Waals surface area contributed by atoms with Gasteiger partial charge in [-0.25, -0.2) is 4.79 Å². The van der Waals surface area contributed by atoms with Gasteiger partial charge in [0.15, 0.2) is 0 Å². The van der Waals surface area contributed by atoms with E-state index in [4.69, 9.17) is 4.74 Å². The van der Waals surface area contributed by atoms with Crippen molar-refractivity contribution in [2.75, 3.05) is 29.9 Å². The third-order valence-corrected chi connectivity index (χ3v) is 4.56. The Hall–Kier alpha value is -2.28. The first-order valence-electron chi connectivity index (χ1n) is 8.14. The van der Waals surface area contributed by atoms with E-state index in [9.17, 15) is 9.59 Å². The summed E-state index contributed by atoms with van der Waals surface area (Å²) in [7, 11) is 0. The minimum Gasteiger partial charge on any atom is -0.370 e. The Kier molecular flexibility index (Phi) is 3.57. The van der Waals surface area contributed by atoms with E-state index in [1.165, 1.54) is 0 Å². The fourth-order valence-corrected chi connectivity index (χ4v) is 3.39. The van der Waals surface area contributed by atoms with Gasteiger partial charge in [-0.2, -0.15) is 0 Å². The van der Waals surface area contributed by atoms with E-state index in [2.05, 4.69) is 20.2 Å². The molecule has 3 heterocycles. The van der Waals surface area contributed by atoms with Gasteiger partial charge in [0.2, 0.25) is 0 Å². The molecule has 1 atom stereocenters. The van der Waals surface area contributed by atoms with E-state index in [0.717, 1.165) is 55.7 Å². The quantitative estimate of drug-likeness (QED) is 0.802. The molecule has 0 spiro atoms. The van der Waals surface area contributed by atoms with E-state index in [1.807, 2.05) is 12.1 Å². The van der Waals surface area contributed by atoms with E-state index in [-0.39, 0.29) is 17.7 Å². The molecular weight excluding hydrogens is 296 g/mol. The first-order valence-corrected chi connectivity index (χ1v) is 8.14. The predicted octanol–water partition coefficient (Wildman–Crippen LogP) is 1.57. The Morgan fingerprint density at radius 2 is 1.91 bits per heavy atom. The van der Waals surface area contributed by atoms with Crippen LogP contribution in [-0.2, 0) is 9.53 Å². The highest BCUT2D eigenvalue weighted by atomic mass is 16.5. The zero-order valence-electron chi connectivity index (χ0n) is 12.9. The molecule has 7 heteroatoms. The number of nitrogens with one attached hydrogen (secondary N) is 3. The SMILES string of the molecule is O=C(Nc1cc2[nH]c(=O)[nH]c2cc1N1CCCC1)[C@H]1CCCO1. The highest BCUT2D eigenvalue weighted by Crippen LogP contribution is 2.32. The number of fused-ring (bicyclic) bond motifs is 1. The molecule has 2 aromatic rings. The van der Waals surface area contributed by atoms with E-state index in [0.29, 0.717) is 12.1 Å². The van der Waals surface area contributed by atoms with Gasteiger partial charge in [-0.05, 0) is 37.8 Å². The molecule has 23 heavy (non-hydrogen) atoms. The van der Waals surface area contributed by atoms with Crippen molar-refractivity contribution in [2.45, 2.75) is 31.8 Å². The fraction of sp³-hybridized carbons (Fsp3) is 0.500. The van der Waals surface area contributed by atoms with Gasteiger partial charge in [0.25, 0.3) is 5.91 Å². The van der Waals surface area contributed by atoms with Crippen LogP contribution < -0.4 is 15.9 Å². The molecule has 3 N–H and O–H groups in total. The summed E-state index contributed by atoms with van der Waals surface area (Å²) in [6.45, 7) is 2.56. The lowest BCUT2D eigenvalue weighted by molar-refractivity contribution is -0.124. The molecule has 7 nitrogen and oxygen atoms in total. The number of benzene rings is 1. The summed E-state index contributed by atoms with van der Waals surface area (Å²) in [6, 6.07) is 3.76. The normalized spacial score (nSPS) is 21.2. The average molecular weight is 316 g/mol. The third kappa shape index (κ3) is 2.72. The van der Waals surface area contributed by atoms with Gasteiger partial charge in [-0.1, -0.05) is 0 Å². The van der Waals surface area contributed by atoms with Crippen molar-refractivity contribution in [3.63, 3.8) is 0 Å². The minimum absolute atomic E-state index is 0.111. The van der Waals surface area contributed by atoms with Gasteiger partial charge in [0.05, 0.1) is 22.4 Å². The molecule has 2 aliphatic rings. The number of carbonyl (C=O) groups excluding carboxylic acids is 1. The number of anilines is 2. The second kappa shape index (κ2) is 5.73. The van der Waals surface area contributed by atoms with E-state index in [1.54, 1.807) is 0 Å². The minimum atomic E-state index is -0.373. The van der Waals surface area contributed by atoms with Crippen LogP contribution in [-0.4, -0.2) is 41.7 Å². The van der Waals surface area contributed by atoms with Crippen molar-refractivity contribution in [3.05, 3.63) is 22.6 Å². The van der Waals surface area contributed by atoms with Crippen LogP contribution in [0, 0.1) is 0 Å². The molecule has 0 radical (unpaired) electrons. The molecule has 0 bridgehead atoms. The summed E-state index contributed by atoms with van der Waals surface area (Å²) in [5.74, 6) is -0.111. The van der Waals surface area contributed by atoms with Crippen LogP contribution in [0.3, 0.4) is 0 Å². The maximum Gasteiger partial charge on any atom is 0.323 e. The van der Waals surface area contributed by atoms with Crippen LogP contribution >= 0.6 is 0 Å². The van der Waals surface area contributed by atoms with Gasteiger partial charge < -0.3 is 24.9 Å². The predicted molar refractivity (Wildman–Crippen MR) is 88.0 cm³/mol. The van der Waals surface area contributed by atoms with Gasteiger partial charge in [0.1, 0.15) is 6.10 Å². The maximum absolute atomic E-state index is 12.4. The van der Waals surface area contributed by atoms with Gasteiger partial charge in [-0.3, -0.25) is 4.79 Å². The number of carbonyl (C=O) groups is 1. The summed E-state index contributed by atoms with van der Waals surface area (Å²) < 4.78 is 5.45. The molecule has 2 aliphatic heterocycles. The topological polar surface area (TPSA) is 90.2 Å². The number of imidazole rings is 1. The number of ether oxygens (including phenoxy) is 1. The zero-order valence-corrected chi connectivity index (χ0v) is 12.9. The first-order chi connectivity index (χ1) is 11.2. The van der Waals surface area contributed by atoms with Crippen molar-refractivity contribution in [1.29, 1.82) is 0 Å². The molecule has 0 saturated carbocycles. The van der Waals surface area contributed by atoms with Crippen LogP contribution in [0.5, 0.6) is 0 Å². The van der Waals surface area contributed by atoms with Crippen LogP contribution in [0.25, 0.3) is 11.0 Å². The summed E-state index contributed by atoms with van der Waals surface area (Å²) in [5, 5.41) is 2.99. The summed E-state index contributed by atoms with van der Waals surface area (Å²) in [6.07, 6.45) is 3.58. The number of rotatable bonds is 3. The van der Waals surface area contributed by atoms with Crippen molar-refractivity contribution in [2.24, 2.45) is 0 Å². The lowest BCUT2D eigenvalue weighted by atomic mass is 10.2. The van der Waals surface area contributed by atoms with E-state index >= 15 is 0 Å². The zero-order chi connectivity index (χ0) is 15.8. The van der Waals surface area contributed by atoms with Crippen molar-refractivity contribution in [3.8, 4) is 0 Å². The number of amides is 1. The Bertz CT molecular complexity index is 782. The highest BCUT2D eigenvalue weighted by molar-refractivity contribution is 6.00. The molecular formula is C16H20N4O3. The molecule has 0 unspecified atom stereocenters. The van der Waals surface area contributed by atoms with Crippen molar-refractivity contribution in [1.82, 2.24) is 9.97 Å². The average Bonchev–Trinajstić information content (AvgIpc) is 3.27. The molecule has 1 aromatic heterocycles. The van der Waals surface area contributed by atoms with E-state index < -0.39 is 0 Å². The fourth-order valence-electron chi connectivity index (χ4n) is 3.39. The first kappa shape index (κ1) is 14.3. The molecule has 2 fully saturated rings. The number of hydrogen-bond donors (Lipinski definition) is 3. The molecule has 2 saturated heterocycles. The molecule has 122 valence electrons. The van der Waals surface area contributed by atoms with Crippen molar-refractivity contribution < 1.29 is 9.53 Å². The highest BCUT2D eigenvalue weighted by Gasteiger charge is 2.25. The van der Waals surface area contributed by atoms with Crippen LogP contribution in [0.4, 0.5) is 11.4 Å². The monoisotopic (exact) mass is 316 g/mol. The second-order valence-corrected chi connectivity index (χ2v) is 6.18. The summed E-state index contributed by atoms with van der Waals surface area (Å²) >= 11 is 0. The Balaban J connectivity index is 1.71. The lowest BCUT2D eigenvalue weighted by Gasteiger charge is -2.22. The van der Waals surface area contributed by atoms with Crippen LogP contribution in [0.1, 0.15) is 25.7 Å². The standard InChI is InChI=1S/C16H20N4O3/c21-15(14-4-3-7-23-14)17-12-8-10-11(19-16(22)18-10)9-13(12)20-5-1-2-6-20/h8-9,14H,1-7H2,(H,17,21)(H2,18,19,22)/t14-/m1/s1. The Labute approximate surface area is 133 Å². The summed E-state index contributed by atoms with van der Waals surface area (Å²) in [4.78, 5) is 31.7. The third-order valence-electron chi connectivity index (χ3n) is 4.56. The van der Waals surface area contributed by atoms with Crippen LogP contribution in [0.2, 0.25) is 0 Å². The smallest absolute Gasteiger partial charge is 0.323 e. The second-order valence-electron chi connectivity index (χ2n) is 6.18. The molecule has 1 amide bonds. The largest absolute Gasteiger partial charge is 0.370 e. The number of nitrogens with zero attached hydrogens (tertiary/aromatic N) is 1.